The van der Waals surface area contributed by atoms with E-state index in [0.717, 1.165) is 23.3 Å². The molecular formula is C21H25NO3. The molecule has 4 heteroatoms. The van der Waals surface area contributed by atoms with Crippen LogP contribution in [-0.4, -0.2) is 37.3 Å². The molecular weight excluding hydrogens is 314 g/mol. The first-order valence-electron chi connectivity index (χ1n) is 8.47. The van der Waals surface area contributed by atoms with Crippen LogP contribution in [0.3, 0.4) is 0 Å². The van der Waals surface area contributed by atoms with Crippen LogP contribution in [-0.2, 0) is 11.2 Å². The van der Waals surface area contributed by atoms with Gasteiger partial charge in [-0.25, -0.2) is 0 Å². The summed E-state index contributed by atoms with van der Waals surface area (Å²) in [6.45, 7) is 2.54. The molecule has 0 bridgehead atoms. The molecule has 0 heterocycles. The highest BCUT2D eigenvalue weighted by atomic mass is 16.5. The standard InChI is InChI=1S/C21H25NO3/c1-16-6-4-5-7-19(16)20(23)12-13-21(24)22(2)15-14-17-8-10-18(25-3)11-9-17/h4-11H,12-15H2,1-3H3. The molecule has 0 aliphatic carbocycles. The Morgan fingerprint density at radius 1 is 1.00 bits per heavy atom. The van der Waals surface area contributed by atoms with Gasteiger partial charge < -0.3 is 9.64 Å². The van der Waals surface area contributed by atoms with E-state index in [2.05, 4.69) is 0 Å². The lowest BCUT2D eigenvalue weighted by molar-refractivity contribution is -0.129. The number of aryl methyl sites for hydroxylation is 1. The number of hydrogen-bond acceptors (Lipinski definition) is 3. The molecule has 0 unspecified atom stereocenters. The van der Waals surface area contributed by atoms with Gasteiger partial charge in [0.15, 0.2) is 5.78 Å². The Kier molecular flexibility index (Phi) is 6.75. The lowest BCUT2D eigenvalue weighted by Gasteiger charge is -2.17. The molecule has 4 nitrogen and oxygen atoms in total. The zero-order chi connectivity index (χ0) is 18.2. The van der Waals surface area contributed by atoms with Crippen molar-refractivity contribution in [1.29, 1.82) is 0 Å². The van der Waals surface area contributed by atoms with Crippen molar-refractivity contribution < 1.29 is 14.3 Å². The zero-order valence-corrected chi connectivity index (χ0v) is 15.1. The van der Waals surface area contributed by atoms with Crippen LogP contribution < -0.4 is 4.74 Å². The summed E-state index contributed by atoms with van der Waals surface area (Å²) in [6.07, 6.45) is 1.26. The Labute approximate surface area is 149 Å². The summed E-state index contributed by atoms with van der Waals surface area (Å²) in [5, 5.41) is 0. The van der Waals surface area contributed by atoms with Gasteiger partial charge in [0.25, 0.3) is 0 Å². The molecule has 0 spiro atoms. The molecule has 0 aliphatic rings. The minimum atomic E-state index is -0.00422. The predicted octanol–water partition coefficient (Wildman–Crippen LogP) is 3.67. The molecule has 0 fully saturated rings. The molecule has 0 aliphatic heterocycles. The highest BCUT2D eigenvalue weighted by molar-refractivity contribution is 5.99. The number of methoxy groups -OCH3 is 1. The second-order valence-electron chi connectivity index (χ2n) is 6.15. The first-order chi connectivity index (χ1) is 12.0. The Morgan fingerprint density at radius 3 is 2.32 bits per heavy atom. The fourth-order valence-corrected chi connectivity index (χ4v) is 2.65. The van der Waals surface area contributed by atoms with E-state index in [9.17, 15) is 9.59 Å². The fourth-order valence-electron chi connectivity index (χ4n) is 2.65. The first-order valence-corrected chi connectivity index (χ1v) is 8.47. The van der Waals surface area contributed by atoms with Gasteiger partial charge in [-0.1, -0.05) is 36.4 Å². The third-order valence-electron chi connectivity index (χ3n) is 4.33. The van der Waals surface area contributed by atoms with E-state index >= 15 is 0 Å². The van der Waals surface area contributed by atoms with Gasteiger partial charge in [-0.05, 0) is 36.6 Å². The minimum absolute atomic E-state index is 0.00422. The van der Waals surface area contributed by atoms with Crippen molar-refractivity contribution in [2.75, 3.05) is 20.7 Å². The summed E-state index contributed by atoms with van der Waals surface area (Å²) < 4.78 is 5.14. The van der Waals surface area contributed by atoms with Gasteiger partial charge in [-0.15, -0.1) is 0 Å². The number of likely N-dealkylation sites (N-methyl/N-ethyl adjacent to an activating group) is 1. The molecule has 0 radical (unpaired) electrons. The molecule has 25 heavy (non-hydrogen) atoms. The summed E-state index contributed by atoms with van der Waals surface area (Å²) in [5.74, 6) is 0.841. The topological polar surface area (TPSA) is 46.6 Å². The summed E-state index contributed by atoms with van der Waals surface area (Å²) in [6, 6.07) is 15.3. The Morgan fingerprint density at radius 2 is 1.68 bits per heavy atom. The number of rotatable bonds is 8. The van der Waals surface area contributed by atoms with Gasteiger partial charge in [0.05, 0.1) is 7.11 Å². The van der Waals surface area contributed by atoms with Crippen molar-refractivity contribution in [3.8, 4) is 5.75 Å². The largest absolute Gasteiger partial charge is 0.497 e. The molecule has 0 aromatic heterocycles. The maximum absolute atomic E-state index is 12.2. The van der Waals surface area contributed by atoms with Crippen LogP contribution in [0.4, 0.5) is 0 Å². The number of benzene rings is 2. The van der Waals surface area contributed by atoms with Crippen LogP contribution in [0.1, 0.15) is 34.3 Å². The summed E-state index contributed by atoms with van der Waals surface area (Å²) >= 11 is 0. The van der Waals surface area contributed by atoms with E-state index < -0.39 is 0 Å². The highest BCUT2D eigenvalue weighted by Gasteiger charge is 2.14. The van der Waals surface area contributed by atoms with Crippen molar-refractivity contribution >= 4 is 11.7 Å². The van der Waals surface area contributed by atoms with Crippen LogP contribution in [0.15, 0.2) is 48.5 Å². The van der Waals surface area contributed by atoms with Gasteiger partial charge in [0, 0.05) is 32.0 Å². The van der Waals surface area contributed by atoms with E-state index in [-0.39, 0.29) is 24.5 Å². The number of carbonyl (C=O) groups is 2. The highest BCUT2D eigenvalue weighted by Crippen LogP contribution is 2.13. The first kappa shape index (κ1) is 18.7. The SMILES string of the molecule is COc1ccc(CCN(C)C(=O)CCC(=O)c2ccccc2C)cc1. The van der Waals surface area contributed by atoms with E-state index in [4.69, 9.17) is 4.74 Å². The van der Waals surface area contributed by atoms with Crippen LogP contribution >= 0.6 is 0 Å². The number of nitrogens with zero attached hydrogens (tertiary/aromatic N) is 1. The molecule has 0 atom stereocenters. The Bertz CT molecular complexity index is 722. The van der Waals surface area contributed by atoms with Crippen molar-refractivity contribution in [1.82, 2.24) is 4.90 Å². The van der Waals surface area contributed by atoms with E-state index in [0.29, 0.717) is 12.1 Å². The molecule has 1 amide bonds. The van der Waals surface area contributed by atoms with Gasteiger partial charge in [-0.2, -0.15) is 0 Å². The maximum Gasteiger partial charge on any atom is 0.222 e. The van der Waals surface area contributed by atoms with Crippen LogP contribution in [0.5, 0.6) is 5.75 Å². The number of amides is 1. The summed E-state index contributed by atoms with van der Waals surface area (Å²) in [7, 11) is 3.42. The van der Waals surface area contributed by atoms with Crippen molar-refractivity contribution in [3.63, 3.8) is 0 Å². The molecule has 0 N–H and O–H groups in total. The second-order valence-corrected chi connectivity index (χ2v) is 6.15. The monoisotopic (exact) mass is 339 g/mol. The quantitative estimate of drug-likeness (QED) is 0.690. The third kappa shape index (κ3) is 5.45. The maximum atomic E-state index is 12.2. The van der Waals surface area contributed by atoms with E-state index in [1.54, 1.807) is 19.1 Å². The van der Waals surface area contributed by atoms with Crippen molar-refractivity contribution in [2.24, 2.45) is 0 Å². The van der Waals surface area contributed by atoms with Gasteiger partial charge >= 0.3 is 0 Å². The smallest absolute Gasteiger partial charge is 0.222 e. The van der Waals surface area contributed by atoms with Crippen molar-refractivity contribution in [2.45, 2.75) is 26.2 Å². The number of ketones is 1. The van der Waals surface area contributed by atoms with Gasteiger partial charge in [0.2, 0.25) is 5.91 Å². The average molecular weight is 339 g/mol. The molecule has 2 aromatic rings. The molecule has 0 saturated carbocycles. The number of hydrogen-bond donors (Lipinski definition) is 0. The number of ether oxygens (including phenoxy) is 1. The fraction of sp³-hybridized carbons (Fsp3) is 0.333. The van der Waals surface area contributed by atoms with Gasteiger partial charge in [-0.3, -0.25) is 9.59 Å². The average Bonchev–Trinajstić information content (AvgIpc) is 2.64. The zero-order valence-electron chi connectivity index (χ0n) is 15.1. The summed E-state index contributed by atoms with van der Waals surface area (Å²) in [5.41, 5.74) is 2.81. The molecule has 132 valence electrons. The third-order valence-corrected chi connectivity index (χ3v) is 4.33. The minimum Gasteiger partial charge on any atom is -0.497 e. The number of Topliss-reactive ketones (excluding diaryl/α,β-unsaturated/α-hetero) is 1. The summed E-state index contributed by atoms with van der Waals surface area (Å²) in [4.78, 5) is 26.2. The van der Waals surface area contributed by atoms with Crippen LogP contribution in [0, 0.1) is 6.92 Å². The van der Waals surface area contributed by atoms with E-state index in [1.165, 1.54) is 0 Å². The Balaban J connectivity index is 1.79. The number of carbonyl (C=O) groups excluding carboxylic acids is 2. The van der Waals surface area contributed by atoms with Crippen LogP contribution in [0.2, 0.25) is 0 Å². The molecule has 0 saturated heterocycles. The van der Waals surface area contributed by atoms with E-state index in [1.807, 2.05) is 55.5 Å². The molecule has 2 rings (SSSR count). The van der Waals surface area contributed by atoms with Gasteiger partial charge in [0.1, 0.15) is 5.75 Å². The second kappa shape index (κ2) is 9.02. The van der Waals surface area contributed by atoms with Crippen molar-refractivity contribution in [3.05, 3.63) is 65.2 Å². The lowest BCUT2D eigenvalue weighted by atomic mass is 10.0. The lowest BCUT2D eigenvalue weighted by Crippen LogP contribution is -2.29. The van der Waals surface area contributed by atoms with Crippen LogP contribution in [0.25, 0.3) is 0 Å². The normalized spacial score (nSPS) is 10.4. The Hall–Kier alpha value is -2.62. The molecule has 2 aromatic carbocycles. The predicted molar refractivity (Wildman–Crippen MR) is 99.1 cm³/mol.